The van der Waals surface area contributed by atoms with Crippen LogP contribution >= 0.6 is 11.6 Å². The third-order valence-electron chi connectivity index (χ3n) is 4.28. The van der Waals surface area contributed by atoms with E-state index in [9.17, 15) is 13.5 Å². The molecule has 0 radical (unpaired) electrons. The summed E-state index contributed by atoms with van der Waals surface area (Å²) in [5.41, 5.74) is 1.37. The number of fused-ring (bicyclic) bond motifs is 1. The van der Waals surface area contributed by atoms with E-state index in [0.29, 0.717) is 22.5 Å². The van der Waals surface area contributed by atoms with Gasteiger partial charge in [-0.15, -0.1) is 0 Å². The monoisotopic (exact) mass is 428 g/mol. The van der Waals surface area contributed by atoms with Crippen molar-refractivity contribution >= 4 is 50.0 Å². The fourth-order valence-electron chi connectivity index (χ4n) is 2.87. The van der Waals surface area contributed by atoms with Gasteiger partial charge in [0.05, 0.1) is 21.6 Å². The van der Waals surface area contributed by atoms with Gasteiger partial charge in [-0.1, -0.05) is 35.9 Å². The minimum atomic E-state index is -3.84. The van der Waals surface area contributed by atoms with Crippen molar-refractivity contribution in [2.75, 3.05) is 10.0 Å². The highest BCUT2D eigenvalue weighted by Gasteiger charge is 2.21. The summed E-state index contributed by atoms with van der Waals surface area (Å²) in [5, 5.41) is 13.4. The normalized spacial score (nSPS) is 13.9. The Morgan fingerprint density at radius 3 is 2.41 bits per heavy atom. The summed E-state index contributed by atoms with van der Waals surface area (Å²) in [4.78, 5) is 9.08. The van der Waals surface area contributed by atoms with Crippen LogP contribution in [-0.2, 0) is 10.0 Å². The van der Waals surface area contributed by atoms with E-state index >= 15 is 0 Å². The largest absolute Gasteiger partial charge is 0.506 e. The summed E-state index contributed by atoms with van der Waals surface area (Å²) in [6, 6.07) is 11.6. The Bertz CT molecular complexity index is 1260. The number of hydrogen-bond donors (Lipinski definition) is 3. The van der Waals surface area contributed by atoms with Gasteiger partial charge in [0.15, 0.2) is 11.6 Å². The van der Waals surface area contributed by atoms with Crippen molar-refractivity contribution in [2.24, 2.45) is 0 Å². The molecular formula is C20H17ClN4O3S. The van der Waals surface area contributed by atoms with Crippen LogP contribution in [0.4, 0.5) is 17.3 Å². The summed E-state index contributed by atoms with van der Waals surface area (Å²) < 4.78 is 28.1. The molecule has 0 atom stereocenters. The molecule has 3 N–H and O–H groups in total. The van der Waals surface area contributed by atoms with E-state index in [2.05, 4.69) is 20.0 Å². The highest BCUT2D eigenvalue weighted by Crippen LogP contribution is 2.33. The zero-order valence-electron chi connectivity index (χ0n) is 15.1. The molecule has 1 aliphatic carbocycles. The average molecular weight is 429 g/mol. The Labute approximate surface area is 172 Å². The molecule has 0 saturated carbocycles. The molecule has 2 aromatic carbocycles. The number of benzene rings is 2. The Morgan fingerprint density at radius 1 is 1.00 bits per heavy atom. The van der Waals surface area contributed by atoms with E-state index in [-0.39, 0.29) is 28.0 Å². The molecule has 0 unspecified atom stereocenters. The summed E-state index contributed by atoms with van der Waals surface area (Å²) in [6.45, 7) is 0. The third-order valence-corrected chi connectivity index (χ3v) is 5.91. The molecule has 148 valence electrons. The Hall–Kier alpha value is -3.10. The number of anilines is 3. The zero-order chi connectivity index (χ0) is 20.4. The molecule has 0 aliphatic heterocycles. The van der Waals surface area contributed by atoms with E-state index < -0.39 is 10.0 Å². The number of rotatable bonds is 5. The molecule has 1 aliphatic rings. The summed E-state index contributed by atoms with van der Waals surface area (Å²) in [5.74, 6) is 0.101. The number of phenols is 1. The molecular weight excluding hydrogens is 412 g/mol. The number of nitrogens with one attached hydrogen (secondary N) is 2. The van der Waals surface area contributed by atoms with Crippen molar-refractivity contribution < 1.29 is 13.5 Å². The highest BCUT2D eigenvalue weighted by molar-refractivity contribution is 7.96. The lowest BCUT2D eigenvalue weighted by atomic mass is 10.2. The molecule has 0 saturated heterocycles. The average Bonchev–Trinajstić information content (AvgIpc) is 2.71. The minimum Gasteiger partial charge on any atom is -0.506 e. The Morgan fingerprint density at radius 2 is 1.72 bits per heavy atom. The van der Waals surface area contributed by atoms with Crippen LogP contribution in [0.2, 0.25) is 5.02 Å². The van der Waals surface area contributed by atoms with E-state index in [1.54, 1.807) is 42.5 Å². The molecule has 0 spiro atoms. The van der Waals surface area contributed by atoms with Gasteiger partial charge in [-0.05, 0) is 49.2 Å². The van der Waals surface area contributed by atoms with Gasteiger partial charge >= 0.3 is 0 Å². The fraction of sp³-hybridized carbons (Fsp3) is 0.100. The molecule has 0 bridgehead atoms. The number of aromatic nitrogens is 2. The molecule has 0 fully saturated rings. The predicted molar refractivity (Wildman–Crippen MR) is 115 cm³/mol. The molecule has 29 heavy (non-hydrogen) atoms. The van der Waals surface area contributed by atoms with Crippen LogP contribution < -0.4 is 10.0 Å². The summed E-state index contributed by atoms with van der Waals surface area (Å²) >= 11 is 6.01. The maximum atomic E-state index is 12.8. The smallest absolute Gasteiger partial charge is 0.262 e. The lowest BCUT2D eigenvalue weighted by Crippen LogP contribution is -2.17. The van der Waals surface area contributed by atoms with E-state index in [0.717, 1.165) is 6.42 Å². The topological polar surface area (TPSA) is 104 Å². The van der Waals surface area contributed by atoms with Crippen LogP contribution in [0, 0.1) is 0 Å². The second kappa shape index (κ2) is 7.73. The van der Waals surface area contributed by atoms with Crippen molar-refractivity contribution in [2.45, 2.75) is 12.8 Å². The Kier molecular flexibility index (Phi) is 5.12. The first-order chi connectivity index (χ1) is 13.9. The Balaban J connectivity index is 1.79. The van der Waals surface area contributed by atoms with Crippen molar-refractivity contribution in [3.8, 4) is 5.75 Å². The molecule has 4 rings (SSSR count). The maximum Gasteiger partial charge on any atom is 0.262 e. The number of allylic oxidation sites excluding steroid dienone is 3. The van der Waals surface area contributed by atoms with Gasteiger partial charge in [0.2, 0.25) is 0 Å². The van der Waals surface area contributed by atoms with Gasteiger partial charge in [-0.25, -0.2) is 18.4 Å². The van der Waals surface area contributed by atoms with Crippen molar-refractivity contribution in [3.05, 3.63) is 70.6 Å². The predicted octanol–water partition coefficient (Wildman–Crippen LogP) is 4.71. The first kappa shape index (κ1) is 19.2. The maximum absolute atomic E-state index is 12.8. The van der Waals surface area contributed by atoms with Gasteiger partial charge in [0, 0.05) is 5.02 Å². The summed E-state index contributed by atoms with van der Waals surface area (Å²) in [7, 11) is -3.84. The number of halogens is 1. The number of para-hydroxylation sites is 2. The molecule has 7 nitrogen and oxygen atoms in total. The van der Waals surface area contributed by atoms with Crippen molar-refractivity contribution in [1.29, 1.82) is 0 Å². The first-order valence-corrected chi connectivity index (χ1v) is 10.7. The van der Waals surface area contributed by atoms with Crippen LogP contribution in [0.5, 0.6) is 5.75 Å². The van der Waals surface area contributed by atoms with Gasteiger partial charge in [0.1, 0.15) is 5.75 Å². The van der Waals surface area contributed by atoms with Crippen LogP contribution in [-0.4, -0.2) is 23.5 Å². The molecule has 9 heteroatoms. The van der Waals surface area contributed by atoms with E-state index in [1.807, 2.05) is 6.08 Å². The minimum absolute atomic E-state index is 0.0166. The van der Waals surface area contributed by atoms with Gasteiger partial charge in [-0.3, -0.25) is 4.72 Å². The van der Waals surface area contributed by atoms with Crippen LogP contribution in [0.3, 0.4) is 0 Å². The number of hydrogen-bond acceptors (Lipinski definition) is 6. The van der Waals surface area contributed by atoms with E-state index in [4.69, 9.17) is 11.6 Å². The number of phenolic OH excluding ortho intramolecular Hbond substituents is 1. The lowest BCUT2D eigenvalue weighted by Gasteiger charge is -2.15. The fourth-order valence-corrected chi connectivity index (χ4v) is 4.17. The van der Waals surface area contributed by atoms with Gasteiger partial charge in [-0.2, -0.15) is 0 Å². The number of sulfonamides is 1. The van der Waals surface area contributed by atoms with Crippen LogP contribution in [0.15, 0.2) is 65.6 Å². The number of aromatic hydroxyl groups is 1. The first-order valence-electron chi connectivity index (χ1n) is 8.84. The van der Waals surface area contributed by atoms with E-state index in [1.165, 1.54) is 12.1 Å². The molecule has 1 heterocycles. The standard InChI is InChI=1S/C20H17ClN4O3S/c21-13-10-11-18(26)17(12-13)24-19-20(23-16-9-5-4-8-15(16)22-19)25-29(27,28)14-6-2-1-3-7-14/h2,4-12,26H,1,3H2,(H,22,24)(H,23,25). The molecule has 0 amide bonds. The lowest BCUT2D eigenvalue weighted by molar-refractivity contribution is 0.478. The highest BCUT2D eigenvalue weighted by atomic mass is 35.5. The van der Waals surface area contributed by atoms with Crippen LogP contribution in [0.25, 0.3) is 11.0 Å². The number of nitrogens with zero attached hydrogens (tertiary/aromatic N) is 2. The molecule has 1 aromatic heterocycles. The van der Waals surface area contributed by atoms with Crippen LogP contribution in [0.1, 0.15) is 12.8 Å². The van der Waals surface area contributed by atoms with Gasteiger partial charge in [0.25, 0.3) is 10.0 Å². The zero-order valence-corrected chi connectivity index (χ0v) is 16.7. The van der Waals surface area contributed by atoms with Crippen molar-refractivity contribution in [1.82, 2.24) is 9.97 Å². The quantitative estimate of drug-likeness (QED) is 0.508. The SMILES string of the molecule is O=S(=O)(Nc1nc2ccccc2nc1Nc1cc(Cl)ccc1O)C1=CCCC=C1. The second-order valence-corrected chi connectivity index (χ2v) is 8.51. The molecule has 3 aromatic rings. The summed E-state index contributed by atoms with van der Waals surface area (Å²) in [6.07, 6.45) is 6.49. The van der Waals surface area contributed by atoms with Crippen molar-refractivity contribution in [3.63, 3.8) is 0 Å². The van der Waals surface area contributed by atoms with Gasteiger partial charge < -0.3 is 10.4 Å². The third kappa shape index (κ3) is 4.18. The second-order valence-electron chi connectivity index (χ2n) is 6.39.